The summed E-state index contributed by atoms with van der Waals surface area (Å²) in [5.41, 5.74) is 0.235. The molecule has 4 heteroatoms. The van der Waals surface area contributed by atoms with Crippen LogP contribution >= 0.6 is 0 Å². The molecule has 2 fully saturated rings. The average Bonchev–Trinajstić information content (AvgIpc) is 2.63. The Kier molecular flexibility index (Phi) is 3.61. The van der Waals surface area contributed by atoms with Crippen molar-refractivity contribution in [2.45, 2.75) is 25.6 Å². The van der Waals surface area contributed by atoms with E-state index in [1.165, 1.54) is 0 Å². The van der Waals surface area contributed by atoms with Crippen molar-refractivity contribution in [3.8, 4) is 0 Å². The first-order valence-electron chi connectivity index (χ1n) is 5.52. The second-order valence-electron chi connectivity index (χ2n) is 4.87. The fourth-order valence-corrected chi connectivity index (χ4v) is 1.92. The van der Waals surface area contributed by atoms with Crippen molar-refractivity contribution in [2.24, 2.45) is 5.41 Å². The van der Waals surface area contributed by atoms with Crippen molar-refractivity contribution in [2.75, 3.05) is 40.1 Å². The van der Waals surface area contributed by atoms with Gasteiger partial charge in [0.25, 0.3) is 0 Å². The van der Waals surface area contributed by atoms with Crippen LogP contribution in [0.25, 0.3) is 0 Å². The van der Waals surface area contributed by atoms with Gasteiger partial charge < -0.3 is 18.9 Å². The Morgan fingerprint density at radius 1 is 1.40 bits per heavy atom. The molecule has 2 atom stereocenters. The topological polar surface area (TPSA) is 36.9 Å². The Bertz CT molecular complexity index is 203. The average molecular weight is 216 g/mol. The highest BCUT2D eigenvalue weighted by Crippen LogP contribution is 2.27. The molecule has 88 valence electrons. The highest BCUT2D eigenvalue weighted by atomic mass is 16.6. The molecule has 0 aromatic carbocycles. The molecule has 2 rings (SSSR count). The number of methoxy groups -OCH3 is 1. The van der Waals surface area contributed by atoms with E-state index < -0.39 is 0 Å². The number of hydrogen-bond donors (Lipinski definition) is 0. The Morgan fingerprint density at radius 3 is 2.73 bits per heavy atom. The quantitative estimate of drug-likeness (QED) is 0.682. The largest absolute Gasteiger partial charge is 0.380 e. The minimum atomic E-state index is 0.208. The Balaban J connectivity index is 1.58. The molecule has 2 heterocycles. The maximum Gasteiger partial charge on any atom is 0.0835 e. The van der Waals surface area contributed by atoms with Gasteiger partial charge in [0.05, 0.1) is 45.2 Å². The molecule has 2 aliphatic rings. The molecule has 0 amide bonds. The van der Waals surface area contributed by atoms with E-state index >= 15 is 0 Å². The van der Waals surface area contributed by atoms with Crippen LogP contribution < -0.4 is 0 Å². The Morgan fingerprint density at radius 2 is 2.20 bits per heavy atom. The van der Waals surface area contributed by atoms with Crippen molar-refractivity contribution in [3.05, 3.63) is 0 Å². The molecule has 2 aliphatic heterocycles. The molecule has 0 aromatic rings. The molecule has 0 bridgehead atoms. The molecular formula is C11H20O4. The van der Waals surface area contributed by atoms with Gasteiger partial charge in [0.15, 0.2) is 0 Å². The standard InChI is InChI=1S/C11H20O4/c1-11(7-14-8-11)6-13-4-10-3-9(12-2)5-15-10/h9-10H,3-8H2,1-2H3. The highest BCUT2D eigenvalue weighted by Gasteiger charge is 2.34. The normalized spacial score (nSPS) is 34.0. The fourth-order valence-electron chi connectivity index (χ4n) is 1.92. The van der Waals surface area contributed by atoms with Crippen LogP contribution in [0.4, 0.5) is 0 Å². The van der Waals surface area contributed by atoms with Gasteiger partial charge in [0.2, 0.25) is 0 Å². The molecule has 2 saturated heterocycles. The highest BCUT2D eigenvalue weighted by molar-refractivity contribution is 4.81. The smallest absolute Gasteiger partial charge is 0.0835 e. The maximum absolute atomic E-state index is 5.66. The van der Waals surface area contributed by atoms with Gasteiger partial charge in [0, 0.05) is 18.9 Å². The van der Waals surface area contributed by atoms with Gasteiger partial charge >= 0.3 is 0 Å². The molecule has 2 unspecified atom stereocenters. The third-order valence-electron chi connectivity index (χ3n) is 3.03. The van der Waals surface area contributed by atoms with Crippen LogP contribution in [-0.2, 0) is 18.9 Å². The van der Waals surface area contributed by atoms with Gasteiger partial charge in [-0.3, -0.25) is 0 Å². The van der Waals surface area contributed by atoms with Crippen molar-refractivity contribution in [1.29, 1.82) is 0 Å². The van der Waals surface area contributed by atoms with Crippen molar-refractivity contribution >= 4 is 0 Å². The number of ether oxygens (including phenoxy) is 4. The third kappa shape index (κ3) is 2.91. The lowest BCUT2D eigenvalue weighted by molar-refractivity contribution is -0.144. The lowest BCUT2D eigenvalue weighted by atomic mass is 9.90. The molecule has 15 heavy (non-hydrogen) atoms. The predicted molar refractivity (Wildman–Crippen MR) is 54.9 cm³/mol. The van der Waals surface area contributed by atoms with Crippen molar-refractivity contribution in [1.82, 2.24) is 0 Å². The first-order chi connectivity index (χ1) is 7.22. The first kappa shape index (κ1) is 11.3. The molecule has 0 N–H and O–H groups in total. The zero-order valence-corrected chi connectivity index (χ0v) is 9.53. The summed E-state index contributed by atoms with van der Waals surface area (Å²) < 4.78 is 21.6. The van der Waals surface area contributed by atoms with E-state index in [4.69, 9.17) is 18.9 Å². The van der Waals surface area contributed by atoms with Crippen LogP contribution in [0.1, 0.15) is 13.3 Å². The zero-order valence-electron chi connectivity index (χ0n) is 9.53. The summed E-state index contributed by atoms with van der Waals surface area (Å²) in [5.74, 6) is 0. The van der Waals surface area contributed by atoms with E-state index in [-0.39, 0.29) is 17.6 Å². The molecule has 0 spiro atoms. The van der Waals surface area contributed by atoms with Crippen LogP contribution in [0.3, 0.4) is 0 Å². The Labute approximate surface area is 90.8 Å². The SMILES string of the molecule is COC1COC(COCC2(C)COC2)C1. The lowest BCUT2D eigenvalue weighted by Crippen LogP contribution is -2.44. The molecule has 0 aromatic heterocycles. The first-order valence-corrected chi connectivity index (χ1v) is 5.52. The predicted octanol–water partition coefficient (Wildman–Crippen LogP) is 0.843. The maximum atomic E-state index is 5.66. The summed E-state index contributed by atoms with van der Waals surface area (Å²) in [5, 5.41) is 0. The van der Waals surface area contributed by atoms with Gasteiger partial charge in [-0.05, 0) is 0 Å². The summed E-state index contributed by atoms with van der Waals surface area (Å²) in [6, 6.07) is 0. The monoisotopic (exact) mass is 216 g/mol. The van der Waals surface area contributed by atoms with Gasteiger partial charge in [0.1, 0.15) is 0 Å². The minimum Gasteiger partial charge on any atom is -0.380 e. The van der Waals surface area contributed by atoms with Crippen molar-refractivity contribution in [3.63, 3.8) is 0 Å². The minimum absolute atomic E-state index is 0.208. The fraction of sp³-hybridized carbons (Fsp3) is 1.00. The summed E-state index contributed by atoms with van der Waals surface area (Å²) in [6.07, 6.45) is 1.41. The van der Waals surface area contributed by atoms with E-state index in [0.29, 0.717) is 13.2 Å². The van der Waals surface area contributed by atoms with Crippen LogP contribution in [0, 0.1) is 5.41 Å². The van der Waals surface area contributed by atoms with Crippen LogP contribution in [-0.4, -0.2) is 52.4 Å². The second-order valence-corrected chi connectivity index (χ2v) is 4.87. The second kappa shape index (κ2) is 4.78. The van der Waals surface area contributed by atoms with Gasteiger partial charge in [-0.15, -0.1) is 0 Å². The van der Waals surface area contributed by atoms with Gasteiger partial charge in [-0.1, -0.05) is 6.92 Å². The third-order valence-corrected chi connectivity index (χ3v) is 3.03. The van der Waals surface area contributed by atoms with Gasteiger partial charge in [-0.2, -0.15) is 0 Å². The molecule has 4 nitrogen and oxygen atoms in total. The van der Waals surface area contributed by atoms with Gasteiger partial charge in [-0.25, -0.2) is 0 Å². The van der Waals surface area contributed by atoms with E-state index in [1.807, 2.05) is 0 Å². The molecule has 0 radical (unpaired) electrons. The van der Waals surface area contributed by atoms with E-state index in [1.54, 1.807) is 7.11 Å². The summed E-state index contributed by atoms with van der Waals surface area (Å²) in [4.78, 5) is 0. The van der Waals surface area contributed by atoms with E-state index in [0.717, 1.165) is 26.2 Å². The number of hydrogen-bond acceptors (Lipinski definition) is 4. The zero-order chi connectivity index (χ0) is 10.7. The van der Waals surface area contributed by atoms with Crippen molar-refractivity contribution < 1.29 is 18.9 Å². The number of rotatable bonds is 5. The summed E-state index contributed by atoms with van der Waals surface area (Å²) in [6.45, 7) is 5.97. The van der Waals surface area contributed by atoms with Crippen LogP contribution in [0.2, 0.25) is 0 Å². The Hall–Kier alpha value is -0.160. The molecular weight excluding hydrogens is 196 g/mol. The summed E-state index contributed by atoms with van der Waals surface area (Å²) >= 11 is 0. The summed E-state index contributed by atoms with van der Waals surface area (Å²) in [7, 11) is 1.73. The van der Waals surface area contributed by atoms with E-state index in [2.05, 4.69) is 6.92 Å². The lowest BCUT2D eigenvalue weighted by Gasteiger charge is -2.37. The van der Waals surface area contributed by atoms with E-state index in [9.17, 15) is 0 Å². The molecule has 0 aliphatic carbocycles. The molecule has 0 saturated carbocycles. The van der Waals surface area contributed by atoms with Crippen LogP contribution in [0.5, 0.6) is 0 Å². The van der Waals surface area contributed by atoms with Crippen LogP contribution in [0.15, 0.2) is 0 Å².